The summed E-state index contributed by atoms with van der Waals surface area (Å²) in [5.41, 5.74) is 8.46. The number of nitrogens with two attached hydrogens (primary N) is 1. The maximum Gasteiger partial charge on any atom is 0.0233 e. The summed E-state index contributed by atoms with van der Waals surface area (Å²) in [5, 5.41) is 0. The van der Waals surface area contributed by atoms with Crippen LogP contribution in [0.25, 0.3) is 0 Å². The molecule has 2 N–H and O–H groups in total. The lowest BCUT2D eigenvalue weighted by molar-refractivity contribution is 0.237. The van der Waals surface area contributed by atoms with E-state index in [4.69, 9.17) is 5.73 Å². The highest BCUT2D eigenvalue weighted by atomic mass is 15.1. The second-order valence-electron chi connectivity index (χ2n) is 5.73. The molecule has 100 valence electrons. The summed E-state index contributed by atoms with van der Waals surface area (Å²) in [6.07, 6.45) is 5.56. The van der Waals surface area contributed by atoms with Gasteiger partial charge >= 0.3 is 0 Å². The van der Waals surface area contributed by atoms with Crippen LogP contribution in [0.15, 0.2) is 24.3 Å². The largest absolute Gasteiger partial charge is 0.330 e. The van der Waals surface area contributed by atoms with Crippen LogP contribution >= 0.6 is 0 Å². The van der Waals surface area contributed by atoms with Gasteiger partial charge < -0.3 is 5.73 Å². The Hall–Kier alpha value is -0.860. The molecule has 1 aromatic carbocycles. The molecule has 1 aliphatic carbocycles. The first-order valence-electron chi connectivity index (χ1n) is 7.20. The Morgan fingerprint density at radius 3 is 2.39 bits per heavy atom. The van der Waals surface area contributed by atoms with Gasteiger partial charge in [0.25, 0.3) is 0 Å². The molecule has 0 bridgehead atoms. The first-order chi connectivity index (χ1) is 8.70. The van der Waals surface area contributed by atoms with Crippen molar-refractivity contribution in [2.75, 3.05) is 13.6 Å². The lowest BCUT2D eigenvalue weighted by Crippen LogP contribution is -2.28. The first kappa shape index (κ1) is 13.6. The van der Waals surface area contributed by atoms with Crippen molar-refractivity contribution in [1.29, 1.82) is 0 Å². The van der Waals surface area contributed by atoms with Gasteiger partial charge in [0, 0.05) is 12.6 Å². The van der Waals surface area contributed by atoms with Crippen molar-refractivity contribution in [3.8, 4) is 0 Å². The van der Waals surface area contributed by atoms with Crippen molar-refractivity contribution >= 4 is 0 Å². The predicted octanol–water partition coefficient (Wildman–Crippen LogP) is 3.12. The number of hydrogen-bond acceptors (Lipinski definition) is 2. The Balaban J connectivity index is 1.93. The van der Waals surface area contributed by atoms with Gasteiger partial charge in [0.2, 0.25) is 0 Å². The maximum atomic E-state index is 5.70. The Morgan fingerprint density at radius 2 is 1.83 bits per heavy atom. The van der Waals surface area contributed by atoms with Crippen LogP contribution in [0, 0.1) is 0 Å². The van der Waals surface area contributed by atoms with E-state index < -0.39 is 0 Å². The van der Waals surface area contributed by atoms with Gasteiger partial charge in [-0.1, -0.05) is 44.0 Å². The van der Waals surface area contributed by atoms with E-state index in [1.54, 1.807) is 0 Å². The molecule has 1 fully saturated rings. The first-order valence-corrected chi connectivity index (χ1v) is 7.20. The smallest absolute Gasteiger partial charge is 0.0233 e. The topological polar surface area (TPSA) is 29.3 Å². The molecule has 1 saturated carbocycles. The molecular weight excluding hydrogens is 220 g/mol. The van der Waals surface area contributed by atoms with E-state index in [1.807, 2.05) is 0 Å². The lowest BCUT2D eigenvalue weighted by Gasteiger charge is -2.24. The molecule has 2 rings (SSSR count). The minimum absolute atomic E-state index is 0.464. The van der Waals surface area contributed by atoms with Crippen LogP contribution in [0.2, 0.25) is 0 Å². The van der Waals surface area contributed by atoms with Crippen molar-refractivity contribution < 1.29 is 0 Å². The molecule has 0 spiro atoms. The van der Waals surface area contributed by atoms with Crippen LogP contribution in [0.3, 0.4) is 0 Å². The molecule has 0 aliphatic heterocycles. The molecule has 0 heterocycles. The molecule has 2 heteroatoms. The summed E-state index contributed by atoms with van der Waals surface area (Å²) in [4.78, 5) is 2.51. The van der Waals surface area contributed by atoms with Crippen molar-refractivity contribution in [3.63, 3.8) is 0 Å². The highest BCUT2D eigenvalue weighted by Gasteiger charge is 2.19. The molecule has 1 aliphatic rings. The van der Waals surface area contributed by atoms with Crippen molar-refractivity contribution in [2.24, 2.45) is 5.73 Å². The van der Waals surface area contributed by atoms with Crippen LogP contribution in [0.5, 0.6) is 0 Å². The molecule has 1 aromatic rings. The van der Waals surface area contributed by atoms with Crippen LogP contribution in [0.4, 0.5) is 0 Å². The van der Waals surface area contributed by atoms with E-state index in [0.717, 1.165) is 19.1 Å². The third kappa shape index (κ3) is 3.33. The average molecular weight is 246 g/mol. The average Bonchev–Trinajstić information content (AvgIpc) is 2.92. The minimum Gasteiger partial charge on any atom is -0.330 e. The fourth-order valence-electron chi connectivity index (χ4n) is 2.85. The Kier molecular flexibility index (Phi) is 4.79. The van der Waals surface area contributed by atoms with Gasteiger partial charge in [-0.15, -0.1) is 0 Å². The van der Waals surface area contributed by atoms with Crippen molar-refractivity contribution in [1.82, 2.24) is 4.90 Å². The van der Waals surface area contributed by atoms with Crippen LogP contribution in [0.1, 0.15) is 49.7 Å². The summed E-state index contributed by atoms with van der Waals surface area (Å²) in [6, 6.07) is 9.78. The minimum atomic E-state index is 0.464. The molecular formula is C16H26N2. The second-order valence-corrected chi connectivity index (χ2v) is 5.73. The second kappa shape index (κ2) is 6.35. The maximum absolute atomic E-state index is 5.70. The molecule has 0 saturated heterocycles. The van der Waals surface area contributed by atoms with E-state index in [9.17, 15) is 0 Å². The zero-order valence-electron chi connectivity index (χ0n) is 11.7. The molecule has 0 aromatic heterocycles. The highest BCUT2D eigenvalue weighted by molar-refractivity contribution is 5.25. The van der Waals surface area contributed by atoms with E-state index in [2.05, 4.69) is 43.1 Å². The third-order valence-electron chi connectivity index (χ3n) is 4.28. The third-order valence-corrected chi connectivity index (χ3v) is 4.28. The van der Waals surface area contributed by atoms with E-state index in [0.29, 0.717) is 5.92 Å². The number of benzene rings is 1. The summed E-state index contributed by atoms with van der Waals surface area (Å²) < 4.78 is 0. The number of rotatable bonds is 5. The molecule has 0 amide bonds. The van der Waals surface area contributed by atoms with Gasteiger partial charge in [-0.2, -0.15) is 0 Å². The van der Waals surface area contributed by atoms with E-state index >= 15 is 0 Å². The molecule has 0 radical (unpaired) electrons. The number of hydrogen-bond donors (Lipinski definition) is 1. The summed E-state index contributed by atoms with van der Waals surface area (Å²) in [7, 11) is 2.26. The summed E-state index contributed by atoms with van der Waals surface area (Å²) in [5.74, 6) is 0.464. The van der Waals surface area contributed by atoms with Crippen molar-refractivity contribution in [2.45, 2.75) is 51.1 Å². The fraction of sp³-hybridized carbons (Fsp3) is 0.625. The number of nitrogens with zero attached hydrogens (tertiary/aromatic N) is 1. The van der Waals surface area contributed by atoms with Crippen LogP contribution < -0.4 is 5.73 Å². The Bertz CT molecular complexity index is 352. The summed E-state index contributed by atoms with van der Waals surface area (Å²) >= 11 is 0. The Labute approximate surface area is 111 Å². The van der Waals surface area contributed by atoms with E-state index in [1.165, 1.54) is 36.8 Å². The highest BCUT2D eigenvalue weighted by Crippen LogP contribution is 2.24. The SMILES string of the molecule is CC(CN)c1ccc(CN(C)C2CCCC2)cc1. The van der Waals surface area contributed by atoms with Gasteiger partial charge in [-0.05, 0) is 43.5 Å². The molecule has 18 heavy (non-hydrogen) atoms. The van der Waals surface area contributed by atoms with Gasteiger partial charge in [0.15, 0.2) is 0 Å². The fourth-order valence-corrected chi connectivity index (χ4v) is 2.85. The quantitative estimate of drug-likeness (QED) is 0.865. The zero-order valence-corrected chi connectivity index (χ0v) is 11.7. The molecule has 2 nitrogen and oxygen atoms in total. The summed E-state index contributed by atoms with van der Waals surface area (Å²) in [6.45, 7) is 3.98. The molecule has 1 unspecified atom stereocenters. The zero-order chi connectivity index (χ0) is 13.0. The van der Waals surface area contributed by atoms with Crippen LogP contribution in [-0.4, -0.2) is 24.5 Å². The van der Waals surface area contributed by atoms with Gasteiger partial charge in [-0.25, -0.2) is 0 Å². The predicted molar refractivity (Wildman–Crippen MR) is 77.6 cm³/mol. The van der Waals surface area contributed by atoms with Gasteiger partial charge in [0.1, 0.15) is 0 Å². The monoisotopic (exact) mass is 246 g/mol. The van der Waals surface area contributed by atoms with Crippen LogP contribution in [-0.2, 0) is 6.54 Å². The van der Waals surface area contributed by atoms with Crippen molar-refractivity contribution in [3.05, 3.63) is 35.4 Å². The Morgan fingerprint density at radius 1 is 1.22 bits per heavy atom. The van der Waals surface area contributed by atoms with E-state index in [-0.39, 0.29) is 0 Å². The normalized spacial score (nSPS) is 18.4. The molecule has 1 atom stereocenters. The van der Waals surface area contributed by atoms with Gasteiger partial charge in [0.05, 0.1) is 0 Å². The van der Waals surface area contributed by atoms with Gasteiger partial charge in [-0.3, -0.25) is 4.90 Å². The standard InChI is InChI=1S/C16H26N2/c1-13(11-17)15-9-7-14(8-10-15)12-18(2)16-5-3-4-6-16/h7-10,13,16H,3-6,11-12,17H2,1-2H3. The lowest BCUT2D eigenvalue weighted by atomic mass is 10.00.